The quantitative estimate of drug-likeness (QED) is 0.648. The van der Waals surface area contributed by atoms with Crippen LogP contribution in [-0.4, -0.2) is 51.4 Å². The Labute approximate surface area is 179 Å². The number of aromatic nitrogens is 2. The molecule has 1 amide bonds. The fraction of sp³-hybridized carbons (Fsp3) is 0.381. The second-order valence-corrected chi connectivity index (χ2v) is 9.19. The van der Waals surface area contributed by atoms with E-state index in [0.717, 1.165) is 53.3 Å². The maximum Gasteiger partial charge on any atom is 0.239 e. The predicted octanol–water partition coefficient (Wildman–Crippen LogP) is 3.59. The minimum Gasteiger partial charge on any atom is -0.383 e. The highest BCUT2D eigenvalue weighted by atomic mass is 35.5. The summed E-state index contributed by atoms with van der Waals surface area (Å²) in [6.45, 7) is 5.14. The number of carbonyl (C=O) groups excluding carboxylic acids is 1. The number of nitrogen functional groups attached to an aromatic ring is 1. The van der Waals surface area contributed by atoms with Crippen molar-refractivity contribution in [1.82, 2.24) is 19.8 Å². The number of nitrogens with two attached hydrogens (primary N) is 1. The lowest BCUT2D eigenvalue weighted by atomic mass is 10.1. The van der Waals surface area contributed by atoms with E-state index in [1.54, 1.807) is 11.3 Å². The zero-order valence-corrected chi connectivity index (χ0v) is 17.9. The van der Waals surface area contributed by atoms with Crippen LogP contribution in [-0.2, 0) is 17.8 Å². The molecule has 1 aromatic carbocycles. The summed E-state index contributed by atoms with van der Waals surface area (Å²) >= 11 is 7.63. The van der Waals surface area contributed by atoms with Crippen LogP contribution in [0.3, 0.4) is 0 Å². The van der Waals surface area contributed by atoms with E-state index in [1.807, 2.05) is 36.1 Å². The van der Waals surface area contributed by atoms with E-state index < -0.39 is 0 Å². The van der Waals surface area contributed by atoms with E-state index in [9.17, 15) is 4.79 Å². The first-order valence-corrected chi connectivity index (χ1v) is 11.0. The first kappa shape index (κ1) is 20.1. The third-order valence-corrected chi connectivity index (χ3v) is 6.77. The third-order valence-electron chi connectivity index (χ3n) is 5.48. The van der Waals surface area contributed by atoms with Gasteiger partial charge >= 0.3 is 0 Å². The van der Waals surface area contributed by atoms with Gasteiger partial charge in [-0.1, -0.05) is 17.7 Å². The van der Waals surface area contributed by atoms with E-state index in [2.05, 4.69) is 20.9 Å². The molecule has 3 aromatic rings. The lowest BCUT2D eigenvalue weighted by molar-refractivity contribution is -0.141. The summed E-state index contributed by atoms with van der Waals surface area (Å²) in [4.78, 5) is 26.7. The number of benzene rings is 1. The van der Waals surface area contributed by atoms with Crippen LogP contribution in [0, 0.1) is 0 Å². The van der Waals surface area contributed by atoms with Gasteiger partial charge in [-0.25, -0.2) is 9.97 Å². The molecule has 29 heavy (non-hydrogen) atoms. The van der Waals surface area contributed by atoms with Crippen molar-refractivity contribution in [2.45, 2.75) is 32.4 Å². The number of halogens is 1. The van der Waals surface area contributed by atoms with Crippen LogP contribution in [0.25, 0.3) is 10.9 Å². The fourth-order valence-electron chi connectivity index (χ4n) is 3.82. The Morgan fingerprint density at radius 1 is 1.24 bits per heavy atom. The minimum absolute atomic E-state index is 0.103. The smallest absolute Gasteiger partial charge is 0.239 e. The van der Waals surface area contributed by atoms with Crippen LogP contribution >= 0.6 is 22.9 Å². The number of piperazine rings is 1. The van der Waals surface area contributed by atoms with E-state index in [1.165, 1.54) is 11.2 Å². The molecule has 1 aliphatic rings. The summed E-state index contributed by atoms with van der Waals surface area (Å²) in [6, 6.07) is 9.85. The Balaban J connectivity index is 1.34. The lowest BCUT2D eigenvalue weighted by Gasteiger charge is -2.39. The Kier molecular flexibility index (Phi) is 5.99. The van der Waals surface area contributed by atoms with Crippen molar-refractivity contribution in [2.24, 2.45) is 0 Å². The van der Waals surface area contributed by atoms with Gasteiger partial charge in [-0.05, 0) is 56.1 Å². The highest BCUT2D eigenvalue weighted by molar-refractivity contribution is 7.16. The van der Waals surface area contributed by atoms with Crippen LogP contribution in [0.5, 0.6) is 0 Å². The average Bonchev–Trinajstić information content (AvgIpc) is 3.12. The maximum atomic E-state index is 12.9. The highest BCUT2D eigenvalue weighted by Gasteiger charge is 2.31. The van der Waals surface area contributed by atoms with E-state index in [-0.39, 0.29) is 11.9 Å². The second kappa shape index (κ2) is 8.65. The summed E-state index contributed by atoms with van der Waals surface area (Å²) < 4.78 is 0.833. The molecule has 1 aliphatic heterocycles. The van der Waals surface area contributed by atoms with Gasteiger partial charge in [0, 0.05) is 29.9 Å². The SMILES string of the molecule is CC1C(=O)N(Cc2ccc3c(N)ncnc3c2)CCN1CCCc1ccc(Cl)s1. The molecule has 152 valence electrons. The number of aryl methyl sites for hydroxylation is 1. The summed E-state index contributed by atoms with van der Waals surface area (Å²) in [5.74, 6) is 0.655. The van der Waals surface area contributed by atoms with Gasteiger partial charge in [0.15, 0.2) is 0 Å². The maximum absolute atomic E-state index is 12.9. The van der Waals surface area contributed by atoms with Gasteiger partial charge in [-0.15, -0.1) is 11.3 Å². The molecule has 0 saturated carbocycles. The number of thiophene rings is 1. The van der Waals surface area contributed by atoms with Crippen LogP contribution < -0.4 is 5.73 Å². The zero-order valence-electron chi connectivity index (χ0n) is 16.3. The molecule has 1 saturated heterocycles. The van der Waals surface area contributed by atoms with Crippen LogP contribution in [0.4, 0.5) is 5.82 Å². The fourth-order valence-corrected chi connectivity index (χ4v) is 4.95. The number of hydrogen-bond donors (Lipinski definition) is 1. The second-order valence-electron chi connectivity index (χ2n) is 7.39. The normalized spacial score (nSPS) is 17.9. The largest absolute Gasteiger partial charge is 0.383 e. The van der Waals surface area contributed by atoms with Crippen molar-refractivity contribution in [1.29, 1.82) is 0 Å². The van der Waals surface area contributed by atoms with Crippen molar-refractivity contribution in [3.05, 3.63) is 51.4 Å². The molecule has 0 aliphatic carbocycles. The van der Waals surface area contributed by atoms with Gasteiger partial charge in [0.05, 0.1) is 15.9 Å². The van der Waals surface area contributed by atoms with Crippen molar-refractivity contribution in [3.8, 4) is 0 Å². The van der Waals surface area contributed by atoms with Crippen molar-refractivity contribution < 1.29 is 4.79 Å². The standard InChI is InChI=1S/C21H24ClN5OS/c1-14-21(28)27(10-9-26(14)8-2-3-16-5-7-19(22)29-16)12-15-4-6-17-18(11-15)24-13-25-20(17)23/h4-7,11,13-14H,2-3,8-10,12H2,1H3,(H2,23,24,25). The third kappa shape index (κ3) is 4.52. The van der Waals surface area contributed by atoms with Crippen LogP contribution in [0.15, 0.2) is 36.7 Å². The number of carbonyl (C=O) groups is 1. The van der Waals surface area contributed by atoms with Crippen LogP contribution in [0.1, 0.15) is 23.8 Å². The van der Waals surface area contributed by atoms with Crippen molar-refractivity contribution in [3.63, 3.8) is 0 Å². The van der Waals surface area contributed by atoms with Crippen LogP contribution in [0.2, 0.25) is 4.34 Å². The number of fused-ring (bicyclic) bond motifs is 1. The van der Waals surface area contributed by atoms with Gasteiger partial charge in [-0.2, -0.15) is 0 Å². The molecule has 4 rings (SSSR count). The molecular weight excluding hydrogens is 406 g/mol. The van der Waals surface area contributed by atoms with Gasteiger partial charge < -0.3 is 10.6 Å². The number of amides is 1. The molecule has 0 radical (unpaired) electrons. The molecule has 2 N–H and O–H groups in total. The summed E-state index contributed by atoms with van der Waals surface area (Å²) in [6.07, 6.45) is 3.50. The van der Waals surface area contributed by atoms with E-state index in [4.69, 9.17) is 17.3 Å². The van der Waals surface area contributed by atoms with Gasteiger partial charge in [-0.3, -0.25) is 9.69 Å². The molecule has 1 atom stereocenters. The topological polar surface area (TPSA) is 75.3 Å². The molecule has 6 nitrogen and oxygen atoms in total. The Morgan fingerprint density at radius 2 is 2.10 bits per heavy atom. The summed E-state index contributed by atoms with van der Waals surface area (Å²) in [7, 11) is 0. The summed E-state index contributed by atoms with van der Waals surface area (Å²) in [5, 5.41) is 0.841. The highest BCUT2D eigenvalue weighted by Crippen LogP contribution is 2.23. The van der Waals surface area contributed by atoms with E-state index >= 15 is 0 Å². The molecule has 0 spiro atoms. The van der Waals surface area contributed by atoms with Gasteiger partial charge in [0.2, 0.25) is 5.91 Å². The molecular formula is C21H24ClN5OS. The molecule has 2 aromatic heterocycles. The predicted molar refractivity (Wildman–Crippen MR) is 118 cm³/mol. The molecule has 8 heteroatoms. The van der Waals surface area contributed by atoms with Crippen molar-refractivity contribution >= 4 is 45.6 Å². The van der Waals surface area contributed by atoms with E-state index in [0.29, 0.717) is 12.4 Å². The molecule has 0 bridgehead atoms. The van der Waals surface area contributed by atoms with Gasteiger partial charge in [0.1, 0.15) is 12.1 Å². The molecule has 3 heterocycles. The first-order chi connectivity index (χ1) is 14.0. The molecule has 1 fully saturated rings. The lowest BCUT2D eigenvalue weighted by Crippen LogP contribution is -2.55. The molecule has 1 unspecified atom stereocenters. The van der Waals surface area contributed by atoms with Crippen molar-refractivity contribution in [2.75, 3.05) is 25.4 Å². The van der Waals surface area contributed by atoms with Gasteiger partial charge in [0.25, 0.3) is 0 Å². The Bertz CT molecular complexity index is 1020. The average molecular weight is 430 g/mol. The number of anilines is 1. The summed E-state index contributed by atoms with van der Waals surface area (Å²) in [5.41, 5.74) is 7.76. The minimum atomic E-state index is -0.103. The Morgan fingerprint density at radius 3 is 2.90 bits per heavy atom. The zero-order chi connectivity index (χ0) is 20.4. The monoisotopic (exact) mass is 429 g/mol. The number of rotatable bonds is 6. The number of hydrogen-bond acceptors (Lipinski definition) is 6. The number of nitrogens with zero attached hydrogens (tertiary/aromatic N) is 4. The Hall–Kier alpha value is -2.22. The first-order valence-electron chi connectivity index (χ1n) is 9.77.